The molecule has 0 aliphatic heterocycles. The van der Waals surface area contributed by atoms with Crippen LogP contribution in [0.4, 0.5) is 0 Å². The van der Waals surface area contributed by atoms with E-state index in [4.69, 9.17) is 21.1 Å². The lowest BCUT2D eigenvalue weighted by Gasteiger charge is -2.20. The van der Waals surface area contributed by atoms with Gasteiger partial charge in [-0.3, -0.25) is 0 Å². The van der Waals surface area contributed by atoms with Crippen molar-refractivity contribution >= 4 is 11.6 Å². The monoisotopic (exact) mass is 301 g/mol. The number of aliphatic hydroxyl groups is 1. The zero-order valence-corrected chi connectivity index (χ0v) is 13.4. The van der Waals surface area contributed by atoms with Gasteiger partial charge >= 0.3 is 0 Å². The molecule has 0 aliphatic carbocycles. The van der Waals surface area contributed by atoms with Gasteiger partial charge in [-0.05, 0) is 44.5 Å². The van der Waals surface area contributed by atoms with Gasteiger partial charge in [0.1, 0.15) is 6.61 Å². The molecule has 0 saturated heterocycles. The molecule has 0 saturated carbocycles. The Morgan fingerprint density at radius 1 is 1.35 bits per heavy atom. The number of rotatable bonds is 8. The zero-order valence-electron chi connectivity index (χ0n) is 12.6. The summed E-state index contributed by atoms with van der Waals surface area (Å²) in [5, 5.41) is 13.5. The molecule has 0 aromatic heterocycles. The van der Waals surface area contributed by atoms with Crippen molar-refractivity contribution in [2.24, 2.45) is 0 Å². The van der Waals surface area contributed by atoms with Crippen LogP contribution in [0.15, 0.2) is 12.1 Å². The maximum Gasteiger partial charge on any atom is 0.179 e. The van der Waals surface area contributed by atoms with Gasteiger partial charge in [0.25, 0.3) is 0 Å². The topological polar surface area (TPSA) is 50.7 Å². The Balaban J connectivity index is 2.84. The van der Waals surface area contributed by atoms with Crippen molar-refractivity contribution in [1.29, 1.82) is 0 Å². The molecule has 0 radical (unpaired) electrons. The van der Waals surface area contributed by atoms with Crippen molar-refractivity contribution in [2.45, 2.75) is 39.3 Å². The highest BCUT2D eigenvalue weighted by atomic mass is 35.5. The van der Waals surface area contributed by atoms with E-state index in [1.807, 2.05) is 12.1 Å². The first-order valence-electron chi connectivity index (χ1n) is 6.79. The van der Waals surface area contributed by atoms with Crippen molar-refractivity contribution in [3.8, 4) is 11.5 Å². The maximum atomic E-state index is 9.71. The summed E-state index contributed by atoms with van der Waals surface area (Å²) < 4.78 is 10.9. The molecule has 0 bridgehead atoms. The van der Waals surface area contributed by atoms with Gasteiger partial charge in [-0.2, -0.15) is 0 Å². The third-order valence-electron chi connectivity index (χ3n) is 2.61. The predicted molar refractivity (Wildman–Crippen MR) is 81.8 cm³/mol. The van der Waals surface area contributed by atoms with Crippen LogP contribution >= 0.6 is 11.6 Å². The van der Waals surface area contributed by atoms with Crippen molar-refractivity contribution in [2.75, 3.05) is 20.3 Å². The molecular formula is C15H24ClNO3. The summed E-state index contributed by atoms with van der Waals surface area (Å²) in [6.07, 6.45) is 1.08. The standard InChI is InChI=1S/C15H24ClNO3/c1-5-6-17-9-11-7-12(16)14(13(8-11)19-4)20-10-15(2,3)18/h7-8,17-18H,5-6,9-10H2,1-4H3. The Hall–Kier alpha value is -0.970. The maximum absolute atomic E-state index is 9.71. The second-order valence-corrected chi connectivity index (χ2v) is 5.79. The molecule has 0 aliphatic rings. The number of methoxy groups -OCH3 is 1. The van der Waals surface area contributed by atoms with E-state index in [1.54, 1.807) is 21.0 Å². The quantitative estimate of drug-likeness (QED) is 0.725. The van der Waals surface area contributed by atoms with Crippen LogP contribution in [0.25, 0.3) is 0 Å². The molecule has 0 fully saturated rings. The van der Waals surface area contributed by atoms with Crippen LogP contribution in [-0.2, 0) is 6.54 Å². The average Bonchev–Trinajstić information content (AvgIpc) is 2.36. The van der Waals surface area contributed by atoms with Gasteiger partial charge in [0.2, 0.25) is 0 Å². The summed E-state index contributed by atoms with van der Waals surface area (Å²) in [6, 6.07) is 3.75. The van der Waals surface area contributed by atoms with Crippen LogP contribution in [-0.4, -0.2) is 31.0 Å². The number of hydrogen-bond acceptors (Lipinski definition) is 4. The molecule has 5 heteroatoms. The molecule has 1 aromatic carbocycles. The SMILES string of the molecule is CCCNCc1cc(Cl)c(OCC(C)(C)O)c(OC)c1. The number of hydrogen-bond donors (Lipinski definition) is 2. The molecule has 2 N–H and O–H groups in total. The Labute approximate surface area is 126 Å². The molecule has 4 nitrogen and oxygen atoms in total. The predicted octanol–water partition coefficient (Wildman–Crippen LogP) is 3.00. The molecule has 0 amide bonds. The summed E-state index contributed by atoms with van der Waals surface area (Å²) in [4.78, 5) is 0. The Bertz CT molecular complexity index is 430. The van der Waals surface area contributed by atoms with Crippen molar-refractivity contribution in [3.05, 3.63) is 22.7 Å². The van der Waals surface area contributed by atoms with E-state index in [0.717, 1.165) is 25.1 Å². The molecule has 0 atom stereocenters. The molecule has 1 rings (SSSR count). The van der Waals surface area contributed by atoms with E-state index >= 15 is 0 Å². The van der Waals surface area contributed by atoms with E-state index in [0.29, 0.717) is 16.5 Å². The third kappa shape index (κ3) is 5.57. The first kappa shape index (κ1) is 17.1. The van der Waals surface area contributed by atoms with Crippen LogP contribution in [0, 0.1) is 0 Å². The first-order valence-corrected chi connectivity index (χ1v) is 7.17. The average molecular weight is 302 g/mol. The molecule has 0 heterocycles. The minimum atomic E-state index is -0.921. The summed E-state index contributed by atoms with van der Waals surface area (Å²) in [5.41, 5.74) is 0.117. The molecule has 1 aromatic rings. The van der Waals surface area contributed by atoms with Gasteiger partial charge in [-0.15, -0.1) is 0 Å². The van der Waals surface area contributed by atoms with Crippen molar-refractivity contribution < 1.29 is 14.6 Å². The van der Waals surface area contributed by atoms with Crippen LogP contribution in [0.5, 0.6) is 11.5 Å². The minimum Gasteiger partial charge on any atom is -0.493 e. The van der Waals surface area contributed by atoms with Crippen LogP contribution < -0.4 is 14.8 Å². The van der Waals surface area contributed by atoms with E-state index in [-0.39, 0.29) is 6.61 Å². The Morgan fingerprint density at radius 3 is 2.60 bits per heavy atom. The van der Waals surface area contributed by atoms with E-state index in [2.05, 4.69) is 12.2 Å². The van der Waals surface area contributed by atoms with Gasteiger partial charge in [-0.25, -0.2) is 0 Å². The first-order chi connectivity index (χ1) is 9.37. The summed E-state index contributed by atoms with van der Waals surface area (Å²) in [7, 11) is 1.58. The highest BCUT2D eigenvalue weighted by Crippen LogP contribution is 2.36. The number of benzene rings is 1. The fourth-order valence-corrected chi connectivity index (χ4v) is 1.96. The van der Waals surface area contributed by atoms with Crippen LogP contribution in [0.2, 0.25) is 5.02 Å². The van der Waals surface area contributed by atoms with Crippen molar-refractivity contribution in [1.82, 2.24) is 5.32 Å². The fraction of sp³-hybridized carbons (Fsp3) is 0.600. The van der Waals surface area contributed by atoms with E-state index in [1.165, 1.54) is 0 Å². The highest BCUT2D eigenvalue weighted by molar-refractivity contribution is 6.32. The van der Waals surface area contributed by atoms with E-state index < -0.39 is 5.60 Å². The zero-order chi connectivity index (χ0) is 15.2. The molecule has 114 valence electrons. The number of nitrogens with one attached hydrogen (secondary N) is 1. The van der Waals surface area contributed by atoms with Crippen LogP contribution in [0.1, 0.15) is 32.8 Å². The summed E-state index contributed by atoms with van der Waals surface area (Å²) in [5.74, 6) is 1.05. The largest absolute Gasteiger partial charge is 0.493 e. The van der Waals surface area contributed by atoms with Gasteiger partial charge in [-0.1, -0.05) is 18.5 Å². The molecule has 20 heavy (non-hydrogen) atoms. The van der Waals surface area contributed by atoms with E-state index in [9.17, 15) is 5.11 Å². The van der Waals surface area contributed by atoms with Crippen molar-refractivity contribution in [3.63, 3.8) is 0 Å². The van der Waals surface area contributed by atoms with Gasteiger partial charge < -0.3 is 19.9 Å². The Kier molecular flexibility index (Phi) is 6.59. The van der Waals surface area contributed by atoms with Gasteiger partial charge in [0, 0.05) is 6.54 Å². The summed E-state index contributed by atoms with van der Waals surface area (Å²) in [6.45, 7) is 7.31. The second kappa shape index (κ2) is 7.72. The van der Waals surface area contributed by atoms with Gasteiger partial charge in [0.05, 0.1) is 17.7 Å². The number of ether oxygens (including phenoxy) is 2. The molecule has 0 spiro atoms. The summed E-state index contributed by atoms with van der Waals surface area (Å²) >= 11 is 6.24. The third-order valence-corrected chi connectivity index (χ3v) is 2.90. The smallest absolute Gasteiger partial charge is 0.179 e. The Morgan fingerprint density at radius 2 is 2.05 bits per heavy atom. The lowest BCUT2D eigenvalue weighted by atomic mass is 10.1. The molecular weight excluding hydrogens is 278 g/mol. The fourth-order valence-electron chi connectivity index (χ4n) is 1.67. The highest BCUT2D eigenvalue weighted by Gasteiger charge is 2.18. The molecule has 0 unspecified atom stereocenters. The normalized spacial score (nSPS) is 11.5. The lowest BCUT2D eigenvalue weighted by molar-refractivity contribution is 0.0276. The van der Waals surface area contributed by atoms with Crippen LogP contribution in [0.3, 0.4) is 0 Å². The minimum absolute atomic E-state index is 0.149. The number of halogens is 1. The van der Waals surface area contributed by atoms with Gasteiger partial charge in [0.15, 0.2) is 11.5 Å². The lowest BCUT2D eigenvalue weighted by Crippen LogP contribution is -2.28. The second-order valence-electron chi connectivity index (χ2n) is 5.39.